The molecule has 0 aromatic heterocycles. The van der Waals surface area contributed by atoms with Gasteiger partial charge in [0, 0.05) is 39.5 Å². The Morgan fingerprint density at radius 3 is 1.45 bits per heavy atom. The van der Waals surface area contributed by atoms with Crippen molar-refractivity contribution in [3.8, 4) is 0 Å². The second-order valence-electron chi connectivity index (χ2n) is 6.48. The number of hydrogen-bond acceptors (Lipinski definition) is 4. The van der Waals surface area contributed by atoms with Crippen LogP contribution in [0.1, 0.15) is 44.9 Å². The molecule has 3 atom stereocenters. The van der Waals surface area contributed by atoms with E-state index in [1.54, 1.807) is 0 Å². The molecular formula is C16H29NO3. The van der Waals surface area contributed by atoms with Gasteiger partial charge in [0.15, 0.2) is 0 Å². The van der Waals surface area contributed by atoms with E-state index in [0.717, 1.165) is 39.5 Å². The van der Waals surface area contributed by atoms with Crippen LogP contribution in [0.15, 0.2) is 0 Å². The topological polar surface area (TPSA) is 30.9 Å². The van der Waals surface area contributed by atoms with Crippen LogP contribution in [-0.4, -0.2) is 62.7 Å². The van der Waals surface area contributed by atoms with Crippen LogP contribution in [-0.2, 0) is 14.2 Å². The second-order valence-corrected chi connectivity index (χ2v) is 6.48. The van der Waals surface area contributed by atoms with E-state index in [1.165, 1.54) is 44.9 Å². The fourth-order valence-electron chi connectivity index (χ4n) is 3.62. The van der Waals surface area contributed by atoms with Crippen LogP contribution in [0.25, 0.3) is 0 Å². The molecule has 3 heterocycles. The molecule has 3 aliphatic heterocycles. The minimum atomic E-state index is 0.423. The Morgan fingerprint density at radius 1 is 0.600 bits per heavy atom. The largest absolute Gasteiger partial charge is 0.377 e. The van der Waals surface area contributed by atoms with Crippen molar-refractivity contribution in [3.05, 3.63) is 0 Å². The quantitative estimate of drug-likeness (QED) is 0.748. The Bertz CT molecular complexity index is 251. The molecule has 0 radical (unpaired) electrons. The average Bonchev–Trinajstić information content (AvgIpc) is 3.13. The number of rotatable bonds is 6. The van der Waals surface area contributed by atoms with Crippen molar-refractivity contribution in [1.29, 1.82) is 0 Å². The minimum absolute atomic E-state index is 0.423. The lowest BCUT2D eigenvalue weighted by atomic mass is 10.1. The van der Waals surface area contributed by atoms with Gasteiger partial charge in [-0.25, -0.2) is 0 Å². The molecular weight excluding hydrogens is 254 g/mol. The molecule has 0 N–H and O–H groups in total. The van der Waals surface area contributed by atoms with Crippen LogP contribution in [0, 0.1) is 0 Å². The van der Waals surface area contributed by atoms with Crippen LogP contribution in [0.4, 0.5) is 0 Å². The summed E-state index contributed by atoms with van der Waals surface area (Å²) in [5, 5.41) is 0. The molecule has 0 amide bonds. The smallest absolute Gasteiger partial charge is 0.0702 e. The fraction of sp³-hybridized carbons (Fsp3) is 1.00. The Labute approximate surface area is 122 Å². The summed E-state index contributed by atoms with van der Waals surface area (Å²) in [5.74, 6) is 0. The highest BCUT2D eigenvalue weighted by Crippen LogP contribution is 2.20. The van der Waals surface area contributed by atoms with E-state index in [-0.39, 0.29) is 0 Å². The number of nitrogens with zero attached hydrogens (tertiary/aromatic N) is 1. The first-order chi connectivity index (χ1) is 9.90. The SMILES string of the molecule is C1CC[C@H](CN(C[C@H]2CCCO2)C[C@@H]2CCCO2)OC1. The van der Waals surface area contributed by atoms with E-state index < -0.39 is 0 Å². The molecule has 4 nitrogen and oxygen atoms in total. The van der Waals surface area contributed by atoms with E-state index in [4.69, 9.17) is 14.2 Å². The molecule has 0 aliphatic carbocycles. The third kappa shape index (κ3) is 4.42. The van der Waals surface area contributed by atoms with Gasteiger partial charge in [0.05, 0.1) is 18.3 Å². The highest BCUT2D eigenvalue weighted by Gasteiger charge is 2.26. The van der Waals surface area contributed by atoms with Crippen LogP contribution < -0.4 is 0 Å². The van der Waals surface area contributed by atoms with Crippen molar-refractivity contribution in [2.75, 3.05) is 39.5 Å². The van der Waals surface area contributed by atoms with Crippen molar-refractivity contribution < 1.29 is 14.2 Å². The Hall–Kier alpha value is -0.160. The second kappa shape index (κ2) is 7.74. The molecule has 3 saturated heterocycles. The van der Waals surface area contributed by atoms with Gasteiger partial charge in [0.1, 0.15) is 0 Å². The van der Waals surface area contributed by atoms with E-state index in [1.807, 2.05) is 0 Å². The molecule has 0 bridgehead atoms. The van der Waals surface area contributed by atoms with Gasteiger partial charge in [-0.2, -0.15) is 0 Å². The van der Waals surface area contributed by atoms with Crippen LogP contribution in [0.2, 0.25) is 0 Å². The lowest BCUT2D eigenvalue weighted by molar-refractivity contribution is -0.0271. The summed E-state index contributed by atoms with van der Waals surface area (Å²) in [6.45, 7) is 5.99. The van der Waals surface area contributed by atoms with E-state index in [2.05, 4.69) is 4.90 Å². The molecule has 4 heteroatoms. The predicted octanol–water partition coefficient (Wildman–Crippen LogP) is 2.22. The van der Waals surface area contributed by atoms with Crippen LogP contribution >= 0.6 is 0 Å². The number of ether oxygens (including phenoxy) is 3. The lowest BCUT2D eigenvalue weighted by Crippen LogP contribution is -2.43. The maximum absolute atomic E-state index is 5.91. The van der Waals surface area contributed by atoms with Gasteiger partial charge in [-0.1, -0.05) is 0 Å². The number of hydrogen-bond donors (Lipinski definition) is 0. The normalized spacial score (nSPS) is 35.0. The van der Waals surface area contributed by atoms with Crippen molar-refractivity contribution in [3.63, 3.8) is 0 Å². The van der Waals surface area contributed by atoms with Gasteiger partial charge in [-0.05, 0) is 44.9 Å². The summed E-state index contributed by atoms with van der Waals surface area (Å²) in [7, 11) is 0. The summed E-state index contributed by atoms with van der Waals surface area (Å²) in [6.07, 6.45) is 9.92. The third-order valence-corrected chi connectivity index (χ3v) is 4.71. The predicted molar refractivity (Wildman–Crippen MR) is 78.0 cm³/mol. The fourth-order valence-corrected chi connectivity index (χ4v) is 3.62. The van der Waals surface area contributed by atoms with E-state index >= 15 is 0 Å². The minimum Gasteiger partial charge on any atom is -0.377 e. The first-order valence-electron chi connectivity index (χ1n) is 8.47. The van der Waals surface area contributed by atoms with Gasteiger partial charge >= 0.3 is 0 Å². The van der Waals surface area contributed by atoms with E-state index in [0.29, 0.717) is 18.3 Å². The molecule has 3 rings (SSSR count). The molecule has 0 spiro atoms. The van der Waals surface area contributed by atoms with Crippen molar-refractivity contribution >= 4 is 0 Å². The van der Waals surface area contributed by atoms with Crippen LogP contribution in [0.5, 0.6) is 0 Å². The lowest BCUT2D eigenvalue weighted by Gasteiger charge is -2.32. The van der Waals surface area contributed by atoms with Crippen molar-refractivity contribution in [2.45, 2.75) is 63.3 Å². The van der Waals surface area contributed by atoms with Gasteiger partial charge in [-0.3, -0.25) is 4.90 Å². The first kappa shape index (κ1) is 14.8. The Balaban J connectivity index is 1.50. The maximum Gasteiger partial charge on any atom is 0.0702 e. The summed E-state index contributed by atoms with van der Waals surface area (Å²) >= 11 is 0. The molecule has 0 aromatic rings. The molecule has 3 fully saturated rings. The molecule has 0 aromatic carbocycles. The van der Waals surface area contributed by atoms with E-state index in [9.17, 15) is 0 Å². The zero-order valence-electron chi connectivity index (χ0n) is 12.6. The molecule has 116 valence electrons. The molecule has 20 heavy (non-hydrogen) atoms. The van der Waals surface area contributed by atoms with Crippen molar-refractivity contribution in [2.24, 2.45) is 0 Å². The van der Waals surface area contributed by atoms with Gasteiger partial charge in [0.2, 0.25) is 0 Å². The third-order valence-electron chi connectivity index (χ3n) is 4.71. The average molecular weight is 283 g/mol. The first-order valence-corrected chi connectivity index (χ1v) is 8.47. The molecule has 3 aliphatic rings. The van der Waals surface area contributed by atoms with Gasteiger partial charge in [-0.15, -0.1) is 0 Å². The van der Waals surface area contributed by atoms with Crippen LogP contribution in [0.3, 0.4) is 0 Å². The maximum atomic E-state index is 5.91. The summed E-state index contributed by atoms with van der Waals surface area (Å²) in [5.41, 5.74) is 0. The summed E-state index contributed by atoms with van der Waals surface area (Å²) in [6, 6.07) is 0. The van der Waals surface area contributed by atoms with Gasteiger partial charge in [0.25, 0.3) is 0 Å². The molecule has 0 unspecified atom stereocenters. The zero-order valence-corrected chi connectivity index (χ0v) is 12.6. The Morgan fingerprint density at radius 2 is 1.05 bits per heavy atom. The highest BCUT2D eigenvalue weighted by molar-refractivity contribution is 4.78. The highest BCUT2D eigenvalue weighted by atomic mass is 16.5. The van der Waals surface area contributed by atoms with Gasteiger partial charge < -0.3 is 14.2 Å². The zero-order chi connectivity index (χ0) is 13.6. The molecule has 0 saturated carbocycles. The standard InChI is InChI=1S/C16H29NO3/c1-2-8-18-14(5-1)11-17(12-15-6-3-9-19-15)13-16-7-4-10-20-16/h14-16H,1-13H2/t14-,15-,16+/m1/s1. The summed E-state index contributed by atoms with van der Waals surface area (Å²) in [4.78, 5) is 2.54. The Kier molecular flexibility index (Phi) is 5.71. The summed E-state index contributed by atoms with van der Waals surface area (Å²) < 4.78 is 17.5. The monoisotopic (exact) mass is 283 g/mol. The van der Waals surface area contributed by atoms with Crippen molar-refractivity contribution in [1.82, 2.24) is 4.90 Å².